The monoisotopic (exact) mass is 278 g/mol. The average Bonchev–Trinajstić information content (AvgIpc) is 2.40. The number of esters is 1. The zero-order valence-corrected chi connectivity index (χ0v) is 13.2. The van der Waals surface area contributed by atoms with Gasteiger partial charge in [0.25, 0.3) is 0 Å². The Balaban J connectivity index is 2.84. The van der Waals surface area contributed by atoms with Crippen LogP contribution in [0.4, 0.5) is 0 Å². The van der Waals surface area contributed by atoms with E-state index in [2.05, 4.69) is 20.8 Å². The highest BCUT2D eigenvalue weighted by Gasteiger charge is 2.17. The van der Waals surface area contributed by atoms with Gasteiger partial charge in [-0.1, -0.05) is 26.8 Å². The minimum absolute atomic E-state index is 0.0618. The molecular formula is C17H26O3. The number of hydrogen-bond donors (Lipinski definition) is 0. The van der Waals surface area contributed by atoms with E-state index in [1.54, 1.807) is 7.11 Å². The molecule has 0 aliphatic heterocycles. The lowest BCUT2D eigenvalue weighted by Crippen LogP contribution is -2.22. The van der Waals surface area contributed by atoms with Crippen LogP contribution in [0.1, 0.15) is 44.7 Å². The predicted molar refractivity (Wildman–Crippen MR) is 81.1 cm³/mol. The molecule has 1 rings (SSSR count). The van der Waals surface area contributed by atoms with E-state index in [0.717, 1.165) is 18.6 Å². The summed E-state index contributed by atoms with van der Waals surface area (Å²) in [7, 11) is 1.66. The van der Waals surface area contributed by atoms with Crippen molar-refractivity contribution < 1.29 is 14.3 Å². The zero-order valence-electron chi connectivity index (χ0n) is 13.2. The summed E-state index contributed by atoms with van der Waals surface area (Å²) in [6.45, 7) is 8.19. The summed E-state index contributed by atoms with van der Waals surface area (Å²) in [6, 6.07) is 6.03. The molecule has 0 fully saturated rings. The van der Waals surface area contributed by atoms with Crippen LogP contribution >= 0.6 is 0 Å². The van der Waals surface area contributed by atoms with Crippen LogP contribution in [0.5, 0.6) is 5.75 Å². The van der Waals surface area contributed by atoms with E-state index in [9.17, 15) is 4.79 Å². The smallest absolute Gasteiger partial charge is 0.305 e. The molecule has 0 saturated heterocycles. The molecule has 0 aromatic heterocycles. The molecule has 20 heavy (non-hydrogen) atoms. The molecule has 1 atom stereocenters. The Morgan fingerprint density at radius 3 is 2.55 bits per heavy atom. The standard InChI is InChI=1S/C17H26O3/c1-6-17(18)20-16(9-12(2)3)11-14-10-15(19-5)8-7-13(14)4/h7-8,10,12,16H,6,9,11H2,1-5H3. The molecule has 0 heterocycles. The number of methoxy groups -OCH3 is 1. The molecule has 1 aromatic carbocycles. The fourth-order valence-electron chi connectivity index (χ4n) is 2.21. The normalized spacial score (nSPS) is 12.3. The summed E-state index contributed by atoms with van der Waals surface area (Å²) in [5, 5.41) is 0. The molecule has 3 nitrogen and oxygen atoms in total. The first-order chi connectivity index (χ1) is 9.46. The third-order valence-corrected chi connectivity index (χ3v) is 3.32. The maximum Gasteiger partial charge on any atom is 0.305 e. The van der Waals surface area contributed by atoms with Gasteiger partial charge in [-0.3, -0.25) is 4.79 Å². The van der Waals surface area contributed by atoms with Gasteiger partial charge in [0.15, 0.2) is 0 Å². The molecule has 0 spiro atoms. The topological polar surface area (TPSA) is 35.5 Å². The molecule has 0 N–H and O–H groups in total. The van der Waals surface area contributed by atoms with Crippen molar-refractivity contribution in [2.75, 3.05) is 7.11 Å². The van der Waals surface area contributed by atoms with E-state index >= 15 is 0 Å². The number of aryl methyl sites for hydroxylation is 1. The number of carbonyl (C=O) groups excluding carboxylic acids is 1. The number of rotatable bonds is 7. The molecule has 0 aliphatic carbocycles. The molecule has 0 radical (unpaired) electrons. The van der Waals surface area contributed by atoms with Crippen molar-refractivity contribution in [3.63, 3.8) is 0 Å². The Kier molecular flexibility index (Phi) is 6.56. The maximum atomic E-state index is 11.6. The largest absolute Gasteiger partial charge is 0.497 e. The quantitative estimate of drug-likeness (QED) is 0.709. The van der Waals surface area contributed by atoms with Gasteiger partial charge in [0.05, 0.1) is 7.11 Å². The van der Waals surface area contributed by atoms with Crippen molar-refractivity contribution in [3.05, 3.63) is 29.3 Å². The highest BCUT2D eigenvalue weighted by Crippen LogP contribution is 2.21. The van der Waals surface area contributed by atoms with Crippen LogP contribution in [-0.4, -0.2) is 19.2 Å². The Labute approximate surface area is 122 Å². The van der Waals surface area contributed by atoms with E-state index in [1.165, 1.54) is 11.1 Å². The summed E-state index contributed by atoms with van der Waals surface area (Å²) in [5.74, 6) is 1.21. The second-order valence-corrected chi connectivity index (χ2v) is 5.59. The molecule has 112 valence electrons. The number of hydrogen-bond acceptors (Lipinski definition) is 3. The van der Waals surface area contributed by atoms with E-state index in [4.69, 9.17) is 9.47 Å². The molecule has 0 amide bonds. The van der Waals surface area contributed by atoms with Gasteiger partial charge in [-0.2, -0.15) is 0 Å². The van der Waals surface area contributed by atoms with Crippen LogP contribution in [0.15, 0.2) is 18.2 Å². The third kappa shape index (κ3) is 5.24. The molecule has 1 unspecified atom stereocenters. The van der Waals surface area contributed by atoms with Gasteiger partial charge in [-0.25, -0.2) is 0 Å². The number of ether oxygens (including phenoxy) is 2. The second-order valence-electron chi connectivity index (χ2n) is 5.59. The van der Waals surface area contributed by atoms with Gasteiger partial charge in [0, 0.05) is 12.8 Å². The van der Waals surface area contributed by atoms with Crippen molar-refractivity contribution in [2.24, 2.45) is 5.92 Å². The van der Waals surface area contributed by atoms with Crippen LogP contribution < -0.4 is 4.74 Å². The first-order valence-corrected chi connectivity index (χ1v) is 7.29. The van der Waals surface area contributed by atoms with Gasteiger partial charge in [-0.15, -0.1) is 0 Å². The van der Waals surface area contributed by atoms with Crippen molar-refractivity contribution in [2.45, 2.75) is 53.1 Å². The molecule has 0 aliphatic rings. The number of carbonyl (C=O) groups is 1. The second kappa shape index (κ2) is 7.93. The molecule has 0 bridgehead atoms. The minimum Gasteiger partial charge on any atom is -0.497 e. The summed E-state index contributed by atoms with van der Waals surface area (Å²) >= 11 is 0. The maximum absolute atomic E-state index is 11.6. The predicted octanol–water partition coefficient (Wildman–Crippen LogP) is 3.91. The zero-order chi connectivity index (χ0) is 15.1. The minimum atomic E-state index is -0.129. The van der Waals surface area contributed by atoms with Gasteiger partial charge in [0.2, 0.25) is 0 Å². The van der Waals surface area contributed by atoms with E-state index in [-0.39, 0.29) is 12.1 Å². The Morgan fingerprint density at radius 2 is 2.00 bits per heavy atom. The third-order valence-electron chi connectivity index (χ3n) is 3.32. The van der Waals surface area contributed by atoms with Gasteiger partial charge in [0.1, 0.15) is 11.9 Å². The fraction of sp³-hybridized carbons (Fsp3) is 0.588. The Bertz CT molecular complexity index is 438. The summed E-state index contributed by atoms with van der Waals surface area (Å²) < 4.78 is 10.8. The van der Waals surface area contributed by atoms with E-state index < -0.39 is 0 Å². The van der Waals surface area contributed by atoms with Crippen molar-refractivity contribution in [1.82, 2.24) is 0 Å². The van der Waals surface area contributed by atoms with Crippen LogP contribution in [-0.2, 0) is 16.0 Å². The fourth-order valence-corrected chi connectivity index (χ4v) is 2.21. The van der Waals surface area contributed by atoms with Crippen molar-refractivity contribution in [1.29, 1.82) is 0 Å². The summed E-state index contributed by atoms with van der Waals surface area (Å²) in [6.07, 6.45) is 1.98. The lowest BCUT2D eigenvalue weighted by molar-refractivity contribution is -0.149. The molecule has 0 saturated carbocycles. The highest BCUT2D eigenvalue weighted by molar-refractivity contribution is 5.69. The summed E-state index contributed by atoms with van der Waals surface area (Å²) in [4.78, 5) is 11.6. The van der Waals surface area contributed by atoms with Crippen molar-refractivity contribution >= 4 is 5.97 Å². The van der Waals surface area contributed by atoms with Crippen LogP contribution in [0.3, 0.4) is 0 Å². The van der Waals surface area contributed by atoms with Crippen LogP contribution in [0, 0.1) is 12.8 Å². The lowest BCUT2D eigenvalue weighted by Gasteiger charge is -2.21. The molecular weight excluding hydrogens is 252 g/mol. The van der Waals surface area contributed by atoms with E-state index in [0.29, 0.717) is 12.3 Å². The molecule has 3 heteroatoms. The first-order valence-electron chi connectivity index (χ1n) is 7.29. The Morgan fingerprint density at radius 1 is 1.30 bits per heavy atom. The first kappa shape index (κ1) is 16.5. The lowest BCUT2D eigenvalue weighted by atomic mass is 9.96. The van der Waals surface area contributed by atoms with E-state index in [1.807, 2.05) is 25.1 Å². The van der Waals surface area contributed by atoms with Gasteiger partial charge >= 0.3 is 5.97 Å². The van der Waals surface area contributed by atoms with Gasteiger partial charge in [-0.05, 0) is 42.5 Å². The van der Waals surface area contributed by atoms with Crippen LogP contribution in [0.2, 0.25) is 0 Å². The molecule has 1 aromatic rings. The summed E-state index contributed by atoms with van der Waals surface area (Å²) in [5.41, 5.74) is 2.38. The SMILES string of the molecule is CCC(=O)OC(Cc1cc(OC)ccc1C)CC(C)C. The number of benzene rings is 1. The highest BCUT2D eigenvalue weighted by atomic mass is 16.5. The average molecular weight is 278 g/mol. The van der Waals surface area contributed by atoms with Gasteiger partial charge < -0.3 is 9.47 Å². The van der Waals surface area contributed by atoms with Crippen molar-refractivity contribution in [3.8, 4) is 5.75 Å². The van der Waals surface area contributed by atoms with Crippen LogP contribution in [0.25, 0.3) is 0 Å². The Hall–Kier alpha value is -1.51.